The molecule has 2 aliphatic rings. The summed E-state index contributed by atoms with van der Waals surface area (Å²) in [6, 6.07) is 8.20. The molecule has 130 valence electrons. The fourth-order valence-electron chi connectivity index (χ4n) is 3.57. The average molecular weight is 329 g/mol. The van der Waals surface area contributed by atoms with Crippen molar-refractivity contribution in [3.63, 3.8) is 0 Å². The smallest absolute Gasteiger partial charge is 0.224 e. The van der Waals surface area contributed by atoms with Crippen molar-refractivity contribution in [1.29, 1.82) is 0 Å². The number of amides is 2. The summed E-state index contributed by atoms with van der Waals surface area (Å²) in [6.45, 7) is 4.08. The highest BCUT2D eigenvalue weighted by Crippen LogP contribution is 2.16. The molecule has 2 amide bonds. The van der Waals surface area contributed by atoms with E-state index >= 15 is 0 Å². The van der Waals surface area contributed by atoms with Gasteiger partial charge >= 0.3 is 0 Å². The lowest BCUT2D eigenvalue weighted by molar-refractivity contribution is -0.128. The van der Waals surface area contributed by atoms with Gasteiger partial charge in [0, 0.05) is 32.6 Å². The number of hydrogen-bond acceptors (Lipinski definition) is 3. The first-order chi connectivity index (χ1) is 11.6. The Morgan fingerprint density at radius 3 is 2.58 bits per heavy atom. The van der Waals surface area contributed by atoms with Crippen LogP contribution in [0.5, 0.6) is 0 Å². The fraction of sp³-hybridized carbons (Fsp3) is 0.579. The second-order valence-electron chi connectivity index (χ2n) is 7.05. The quantitative estimate of drug-likeness (QED) is 0.896. The van der Waals surface area contributed by atoms with Crippen molar-refractivity contribution in [2.45, 2.75) is 38.8 Å². The summed E-state index contributed by atoms with van der Waals surface area (Å²) >= 11 is 0. The average Bonchev–Trinajstić information content (AvgIpc) is 2.99. The minimum Gasteiger partial charge on any atom is -0.352 e. The van der Waals surface area contributed by atoms with Gasteiger partial charge in [-0.3, -0.25) is 9.59 Å². The molecular weight excluding hydrogens is 302 g/mol. The van der Waals surface area contributed by atoms with E-state index in [2.05, 4.69) is 29.4 Å². The Morgan fingerprint density at radius 2 is 1.92 bits per heavy atom. The van der Waals surface area contributed by atoms with Gasteiger partial charge in [0.15, 0.2) is 0 Å². The van der Waals surface area contributed by atoms with E-state index in [1.807, 2.05) is 17.0 Å². The number of hydrogen-bond donors (Lipinski definition) is 1. The third kappa shape index (κ3) is 4.35. The van der Waals surface area contributed by atoms with Gasteiger partial charge in [0.1, 0.15) is 0 Å². The maximum atomic E-state index is 12.3. The lowest BCUT2D eigenvalue weighted by atomic mass is 9.97. The molecule has 5 heteroatoms. The highest BCUT2D eigenvalue weighted by Gasteiger charge is 2.23. The van der Waals surface area contributed by atoms with E-state index < -0.39 is 0 Å². The van der Waals surface area contributed by atoms with Crippen LogP contribution < -0.4 is 5.32 Å². The van der Waals surface area contributed by atoms with E-state index in [9.17, 15) is 9.59 Å². The van der Waals surface area contributed by atoms with E-state index in [1.165, 1.54) is 0 Å². The molecule has 0 radical (unpaired) electrons. The fourth-order valence-corrected chi connectivity index (χ4v) is 3.57. The number of piperidine rings is 1. The Morgan fingerprint density at radius 1 is 1.17 bits per heavy atom. The summed E-state index contributed by atoms with van der Waals surface area (Å²) in [4.78, 5) is 28.1. The molecule has 2 saturated heterocycles. The van der Waals surface area contributed by atoms with Crippen molar-refractivity contribution in [2.75, 3.05) is 26.7 Å². The molecule has 1 N–H and O–H groups in total. The van der Waals surface area contributed by atoms with Crippen molar-refractivity contribution in [3.8, 4) is 0 Å². The first kappa shape index (κ1) is 17.0. The van der Waals surface area contributed by atoms with Gasteiger partial charge in [-0.2, -0.15) is 0 Å². The van der Waals surface area contributed by atoms with Crippen LogP contribution in [0.1, 0.15) is 36.8 Å². The van der Waals surface area contributed by atoms with E-state index in [-0.39, 0.29) is 17.7 Å². The minimum absolute atomic E-state index is 0.115. The molecule has 3 rings (SSSR count). The standard InChI is InChI=1S/C19H27N3O2/c1-21-10-2-4-17(14-21)19(24)20-12-15-6-8-16(9-7-15)13-22-11-3-5-18(22)23/h6-9,17H,2-5,10-14H2,1H3,(H,20,24)/t17-/m0/s1. The number of carbonyl (C=O) groups is 2. The summed E-state index contributed by atoms with van der Waals surface area (Å²) < 4.78 is 0. The van der Waals surface area contributed by atoms with E-state index in [0.717, 1.165) is 50.0 Å². The number of carbonyl (C=O) groups excluding carboxylic acids is 2. The summed E-state index contributed by atoms with van der Waals surface area (Å²) in [5, 5.41) is 3.06. The summed E-state index contributed by atoms with van der Waals surface area (Å²) in [7, 11) is 2.07. The Kier molecular flexibility index (Phi) is 5.51. The van der Waals surface area contributed by atoms with Crippen LogP contribution in [0.2, 0.25) is 0 Å². The largest absolute Gasteiger partial charge is 0.352 e. The van der Waals surface area contributed by atoms with Crippen molar-refractivity contribution in [3.05, 3.63) is 35.4 Å². The van der Waals surface area contributed by atoms with Crippen molar-refractivity contribution in [2.24, 2.45) is 5.92 Å². The molecule has 0 aromatic heterocycles. The van der Waals surface area contributed by atoms with Crippen LogP contribution in [-0.4, -0.2) is 48.3 Å². The molecule has 0 bridgehead atoms. The van der Waals surface area contributed by atoms with Crippen molar-refractivity contribution in [1.82, 2.24) is 15.1 Å². The van der Waals surface area contributed by atoms with E-state index in [1.54, 1.807) is 0 Å². The van der Waals surface area contributed by atoms with Gasteiger partial charge in [0.25, 0.3) is 0 Å². The number of likely N-dealkylation sites (tertiary alicyclic amines) is 2. The molecule has 2 aliphatic heterocycles. The summed E-state index contributed by atoms with van der Waals surface area (Å²) in [6.07, 6.45) is 3.73. The topological polar surface area (TPSA) is 52.7 Å². The zero-order valence-corrected chi connectivity index (χ0v) is 14.5. The SMILES string of the molecule is CN1CCC[C@H](C(=O)NCc2ccc(CN3CCCC3=O)cc2)C1. The van der Waals surface area contributed by atoms with Crippen LogP contribution in [0.4, 0.5) is 0 Å². The lowest BCUT2D eigenvalue weighted by Gasteiger charge is -2.28. The molecule has 2 fully saturated rings. The first-order valence-corrected chi connectivity index (χ1v) is 8.93. The second kappa shape index (κ2) is 7.79. The van der Waals surface area contributed by atoms with Crippen LogP contribution >= 0.6 is 0 Å². The molecule has 1 aromatic rings. The van der Waals surface area contributed by atoms with Gasteiger partial charge in [0.2, 0.25) is 11.8 Å². The molecular formula is C19H27N3O2. The Hall–Kier alpha value is -1.88. The predicted molar refractivity (Wildman–Crippen MR) is 93.2 cm³/mol. The highest BCUT2D eigenvalue weighted by atomic mass is 16.2. The monoisotopic (exact) mass is 329 g/mol. The van der Waals surface area contributed by atoms with Gasteiger partial charge in [-0.15, -0.1) is 0 Å². The van der Waals surface area contributed by atoms with Crippen LogP contribution in [0, 0.1) is 5.92 Å². The molecule has 0 saturated carbocycles. The van der Waals surface area contributed by atoms with Crippen LogP contribution in [0.15, 0.2) is 24.3 Å². The second-order valence-corrected chi connectivity index (χ2v) is 7.05. The number of benzene rings is 1. The Labute approximate surface area is 144 Å². The molecule has 5 nitrogen and oxygen atoms in total. The summed E-state index contributed by atoms with van der Waals surface area (Å²) in [5.74, 6) is 0.529. The maximum absolute atomic E-state index is 12.3. The molecule has 24 heavy (non-hydrogen) atoms. The first-order valence-electron chi connectivity index (χ1n) is 8.93. The predicted octanol–water partition coefficient (Wildman–Crippen LogP) is 1.77. The van der Waals surface area contributed by atoms with Gasteiger partial charge < -0.3 is 15.1 Å². The Bertz CT molecular complexity index is 585. The molecule has 1 aromatic carbocycles. The summed E-state index contributed by atoms with van der Waals surface area (Å²) in [5.41, 5.74) is 2.25. The number of rotatable bonds is 5. The maximum Gasteiger partial charge on any atom is 0.224 e. The van der Waals surface area contributed by atoms with Crippen LogP contribution in [-0.2, 0) is 22.7 Å². The van der Waals surface area contributed by atoms with Crippen LogP contribution in [0.3, 0.4) is 0 Å². The van der Waals surface area contributed by atoms with Gasteiger partial charge in [-0.05, 0) is 44.0 Å². The van der Waals surface area contributed by atoms with Gasteiger partial charge in [-0.1, -0.05) is 24.3 Å². The normalized spacial score (nSPS) is 22.0. The third-order valence-corrected chi connectivity index (χ3v) is 5.03. The van der Waals surface area contributed by atoms with Gasteiger partial charge in [0.05, 0.1) is 5.92 Å². The molecule has 1 atom stereocenters. The van der Waals surface area contributed by atoms with Crippen molar-refractivity contribution >= 4 is 11.8 Å². The van der Waals surface area contributed by atoms with E-state index in [0.29, 0.717) is 19.5 Å². The highest BCUT2D eigenvalue weighted by molar-refractivity contribution is 5.79. The molecule has 2 heterocycles. The molecule has 0 unspecified atom stereocenters. The van der Waals surface area contributed by atoms with Gasteiger partial charge in [-0.25, -0.2) is 0 Å². The zero-order chi connectivity index (χ0) is 16.9. The van der Waals surface area contributed by atoms with E-state index in [4.69, 9.17) is 0 Å². The lowest BCUT2D eigenvalue weighted by Crippen LogP contribution is -2.41. The Balaban J connectivity index is 1.47. The molecule has 0 spiro atoms. The number of nitrogens with one attached hydrogen (secondary N) is 1. The van der Waals surface area contributed by atoms with Crippen molar-refractivity contribution < 1.29 is 9.59 Å². The van der Waals surface area contributed by atoms with Crippen LogP contribution in [0.25, 0.3) is 0 Å². The number of nitrogens with zero attached hydrogens (tertiary/aromatic N) is 2. The minimum atomic E-state index is 0.115. The molecule has 0 aliphatic carbocycles. The zero-order valence-electron chi connectivity index (χ0n) is 14.5. The third-order valence-electron chi connectivity index (χ3n) is 5.03.